The monoisotopic (exact) mass is 521 g/mol. The topological polar surface area (TPSA) is 43.0 Å². The van der Waals surface area contributed by atoms with E-state index in [0.29, 0.717) is 24.0 Å². The number of rotatable bonds is 5. The minimum Gasteiger partial charge on any atom is -0.347 e. The highest BCUT2D eigenvalue weighted by Gasteiger charge is 2.28. The van der Waals surface area contributed by atoms with Crippen molar-refractivity contribution in [1.29, 1.82) is 0 Å². The maximum atomic E-state index is 6.10. The molecule has 0 atom stereocenters. The van der Waals surface area contributed by atoms with E-state index in [1.165, 1.54) is 105 Å². The van der Waals surface area contributed by atoms with Crippen molar-refractivity contribution in [3.05, 3.63) is 34.4 Å². The fourth-order valence-electron chi connectivity index (χ4n) is 6.61. The maximum absolute atomic E-state index is 6.10. The molecule has 1 aromatic heterocycles. The van der Waals surface area contributed by atoms with Gasteiger partial charge in [-0.1, -0.05) is 35.2 Å². The van der Waals surface area contributed by atoms with Gasteiger partial charge in [0.2, 0.25) is 0 Å². The van der Waals surface area contributed by atoms with Gasteiger partial charge < -0.3 is 15.6 Å². The molecular formula is C27H41BrClN3. The Morgan fingerprint density at radius 2 is 1.53 bits per heavy atom. The summed E-state index contributed by atoms with van der Waals surface area (Å²) in [6.45, 7) is 1.21. The van der Waals surface area contributed by atoms with Crippen molar-refractivity contribution in [3.63, 3.8) is 0 Å². The molecule has 0 amide bonds. The Labute approximate surface area is 208 Å². The molecule has 0 spiro atoms. The quantitative estimate of drug-likeness (QED) is 0.433. The number of hydrogen-bond donors (Lipinski definition) is 2. The number of halogens is 2. The number of nitrogens with two attached hydrogens (primary N) is 1. The molecule has 32 heavy (non-hydrogen) atoms. The van der Waals surface area contributed by atoms with Crippen molar-refractivity contribution in [1.82, 2.24) is 9.88 Å². The van der Waals surface area contributed by atoms with Gasteiger partial charge in [-0.15, -0.1) is 12.4 Å². The minimum absolute atomic E-state index is 0. The highest BCUT2D eigenvalue weighted by atomic mass is 79.9. The Bertz CT molecular complexity index is 859. The largest absolute Gasteiger partial charge is 0.347 e. The molecule has 2 aromatic rings. The molecule has 0 saturated heterocycles. The van der Waals surface area contributed by atoms with E-state index in [0.717, 1.165) is 5.92 Å². The minimum atomic E-state index is 0. The summed E-state index contributed by atoms with van der Waals surface area (Å²) < 4.78 is 3.81. The van der Waals surface area contributed by atoms with Crippen LogP contribution in [0.4, 0.5) is 0 Å². The zero-order valence-electron chi connectivity index (χ0n) is 19.4. The number of fused-ring (bicyclic) bond motifs is 1. The highest BCUT2D eigenvalue weighted by molar-refractivity contribution is 9.10. The second-order valence-corrected chi connectivity index (χ2v) is 11.6. The summed E-state index contributed by atoms with van der Waals surface area (Å²) in [6, 6.07) is 8.79. The third-order valence-electron chi connectivity index (χ3n) is 8.46. The zero-order chi connectivity index (χ0) is 21.2. The molecule has 3 aliphatic rings. The van der Waals surface area contributed by atoms with Crippen molar-refractivity contribution < 1.29 is 0 Å². The predicted octanol–water partition coefficient (Wildman–Crippen LogP) is 7.29. The zero-order valence-corrected chi connectivity index (χ0v) is 21.8. The fraction of sp³-hybridized carbons (Fsp3) is 0.704. The summed E-state index contributed by atoms with van der Waals surface area (Å²) in [5.74, 6) is 1.58. The summed E-state index contributed by atoms with van der Waals surface area (Å²) >= 11 is 3.74. The van der Waals surface area contributed by atoms with E-state index in [1.807, 2.05) is 0 Å². The Morgan fingerprint density at radius 1 is 0.875 bits per heavy atom. The second-order valence-electron chi connectivity index (χ2n) is 10.7. The van der Waals surface area contributed by atoms with Crippen LogP contribution in [0.15, 0.2) is 28.9 Å². The van der Waals surface area contributed by atoms with Crippen LogP contribution in [0.3, 0.4) is 0 Å². The number of nitrogens with one attached hydrogen (secondary N) is 1. The van der Waals surface area contributed by atoms with Crippen molar-refractivity contribution in [2.45, 2.75) is 114 Å². The molecule has 3 fully saturated rings. The van der Waals surface area contributed by atoms with Crippen LogP contribution in [0.1, 0.15) is 95.0 Å². The number of hydrogen-bond acceptors (Lipinski definition) is 2. The van der Waals surface area contributed by atoms with Crippen molar-refractivity contribution >= 4 is 39.2 Å². The molecule has 3 aliphatic carbocycles. The smallest absolute Gasteiger partial charge is 0.0484 e. The average Bonchev–Trinajstić information content (AvgIpc) is 3.14. The van der Waals surface area contributed by atoms with E-state index in [1.54, 1.807) is 5.56 Å². The van der Waals surface area contributed by atoms with E-state index in [-0.39, 0.29) is 12.4 Å². The lowest BCUT2D eigenvalue weighted by molar-refractivity contribution is 0.268. The molecule has 1 heterocycles. The third-order valence-corrected chi connectivity index (χ3v) is 8.96. The van der Waals surface area contributed by atoms with Crippen LogP contribution in [0.5, 0.6) is 0 Å². The molecule has 5 rings (SSSR count). The van der Waals surface area contributed by atoms with Crippen molar-refractivity contribution in [2.75, 3.05) is 0 Å². The van der Waals surface area contributed by atoms with Gasteiger partial charge in [-0.2, -0.15) is 0 Å². The number of benzene rings is 1. The van der Waals surface area contributed by atoms with E-state index in [4.69, 9.17) is 5.73 Å². The molecule has 1 aromatic carbocycles. The molecule has 0 unspecified atom stereocenters. The van der Waals surface area contributed by atoms with Gasteiger partial charge in [0.1, 0.15) is 0 Å². The first-order valence-electron chi connectivity index (χ1n) is 13.0. The predicted molar refractivity (Wildman–Crippen MR) is 142 cm³/mol. The highest BCUT2D eigenvalue weighted by Crippen LogP contribution is 2.39. The third kappa shape index (κ3) is 5.74. The van der Waals surface area contributed by atoms with Crippen LogP contribution in [0, 0.1) is 5.92 Å². The summed E-state index contributed by atoms with van der Waals surface area (Å²) in [5.41, 5.74) is 9.15. The maximum Gasteiger partial charge on any atom is 0.0484 e. The lowest BCUT2D eigenvalue weighted by atomic mass is 9.81. The van der Waals surface area contributed by atoms with Crippen LogP contribution in [-0.2, 0) is 6.54 Å². The molecule has 0 aliphatic heterocycles. The van der Waals surface area contributed by atoms with Gasteiger partial charge in [-0.25, -0.2) is 0 Å². The molecule has 178 valence electrons. The lowest BCUT2D eigenvalue weighted by Crippen LogP contribution is -2.43. The first-order chi connectivity index (χ1) is 15.2. The van der Waals surface area contributed by atoms with Crippen LogP contribution >= 0.6 is 28.3 Å². The summed E-state index contributed by atoms with van der Waals surface area (Å²) in [7, 11) is 0. The molecular weight excluding hydrogens is 482 g/mol. The molecule has 5 heteroatoms. The fourth-order valence-corrected chi connectivity index (χ4v) is 6.97. The van der Waals surface area contributed by atoms with E-state index >= 15 is 0 Å². The Kier molecular flexibility index (Phi) is 8.64. The molecule has 0 radical (unpaired) electrons. The van der Waals surface area contributed by atoms with Crippen LogP contribution in [0.25, 0.3) is 10.9 Å². The van der Waals surface area contributed by atoms with Gasteiger partial charge in [-0.3, -0.25) is 0 Å². The molecule has 3 nitrogen and oxygen atoms in total. The molecule has 3 saturated carbocycles. The van der Waals surface area contributed by atoms with Gasteiger partial charge in [0, 0.05) is 46.2 Å². The second kappa shape index (κ2) is 11.3. The van der Waals surface area contributed by atoms with E-state index < -0.39 is 0 Å². The standard InChI is InChI=1S/C27H40BrN3.ClH/c28-21-8-15-27-25(16-21)26(18-31(27)17-19-4-2-1-3-5-19)20-6-11-23(12-7-20)30-24-13-9-22(29)10-14-24;/h8,15-16,18-20,22-24,30H,1-7,9-14,17,29H2;1H. The van der Waals surface area contributed by atoms with E-state index in [2.05, 4.69) is 50.2 Å². The van der Waals surface area contributed by atoms with E-state index in [9.17, 15) is 0 Å². The Hall–Kier alpha value is -0.550. The lowest BCUT2D eigenvalue weighted by Gasteiger charge is -2.34. The summed E-state index contributed by atoms with van der Waals surface area (Å²) in [6.07, 6.45) is 19.8. The Morgan fingerprint density at radius 3 is 2.22 bits per heavy atom. The van der Waals surface area contributed by atoms with Gasteiger partial charge in [0.05, 0.1) is 0 Å². The van der Waals surface area contributed by atoms with Gasteiger partial charge in [-0.05, 0) is 99.8 Å². The van der Waals surface area contributed by atoms with Gasteiger partial charge >= 0.3 is 0 Å². The first-order valence-corrected chi connectivity index (χ1v) is 13.7. The summed E-state index contributed by atoms with van der Waals surface area (Å²) in [4.78, 5) is 0. The first kappa shape index (κ1) is 24.6. The van der Waals surface area contributed by atoms with Gasteiger partial charge in [0.25, 0.3) is 0 Å². The van der Waals surface area contributed by atoms with Gasteiger partial charge in [0.15, 0.2) is 0 Å². The Balaban J connectivity index is 0.00000245. The van der Waals surface area contributed by atoms with Crippen LogP contribution < -0.4 is 11.1 Å². The normalized spacial score (nSPS) is 29.7. The van der Waals surface area contributed by atoms with Crippen molar-refractivity contribution in [3.8, 4) is 0 Å². The molecule has 0 bridgehead atoms. The number of aromatic nitrogens is 1. The van der Waals surface area contributed by atoms with Crippen molar-refractivity contribution in [2.24, 2.45) is 11.7 Å². The SMILES string of the molecule is Cl.NC1CCC(NC2CCC(c3cn(CC4CCCCC4)c4ccc(Br)cc34)CC2)CC1. The molecule has 3 N–H and O–H groups in total. The van der Waals surface area contributed by atoms with Crippen LogP contribution in [-0.4, -0.2) is 22.7 Å². The summed E-state index contributed by atoms with van der Waals surface area (Å²) in [5, 5.41) is 5.48. The van der Waals surface area contributed by atoms with Crippen LogP contribution in [0.2, 0.25) is 0 Å². The average molecular weight is 523 g/mol. The number of nitrogens with zero attached hydrogens (tertiary/aromatic N) is 1.